The largest absolute Gasteiger partial charge is 0.487 e. The molecule has 5 nitrogen and oxygen atoms in total. The van der Waals surface area contributed by atoms with Gasteiger partial charge in [0.1, 0.15) is 0 Å². The van der Waals surface area contributed by atoms with Gasteiger partial charge in [0.05, 0.1) is 6.61 Å². The van der Waals surface area contributed by atoms with Gasteiger partial charge in [-0.2, -0.15) is 0 Å². The summed E-state index contributed by atoms with van der Waals surface area (Å²) in [5.74, 6) is 0.696. The van der Waals surface area contributed by atoms with E-state index in [2.05, 4.69) is 9.79 Å². The molecule has 2 rings (SSSR count). The minimum absolute atomic E-state index is 0.429. The quantitative estimate of drug-likeness (QED) is 0.751. The predicted molar refractivity (Wildman–Crippen MR) is 52.0 cm³/mol. The molecule has 0 fully saturated rings. The Morgan fingerprint density at radius 3 is 2.93 bits per heavy atom. The number of aromatic nitrogens is 2. The molecule has 0 radical (unpaired) electrons. The molecular weight excluding hydrogens is 196 g/mol. The second-order valence-corrected chi connectivity index (χ2v) is 2.91. The Kier molecular flexibility index (Phi) is 2.53. The molecule has 0 spiro atoms. The molecule has 5 heteroatoms. The number of hydrogen-bond donors (Lipinski definition) is 1. The predicted octanol–water partition coefficient (Wildman–Crippen LogP) is 0.643. The first kappa shape index (κ1) is 9.51. The van der Waals surface area contributed by atoms with E-state index in [0.29, 0.717) is 12.4 Å². The molecule has 0 saturated heterocycles. The molecule has 0 aliphatic rings. The SMILES string of the molecule is CCOc1ccccc1-[n+]1cc(=O)o[nH]1. The van der Waals surface area contributed by atoms with Crippen LogP contribution in [0.15, 0.2) is 39.8 Å². The van der Waals surface area contributed by atoms with Gasteiger partial charge in [-0.25, -0.2) is 4.79 Å². The van der Waals surface area contributed by atoms with Crippen LogP contribution in [0, 0.1) is 0 Å². The maximum Gasteiger partial charge on any atom is 0.427 e. The number of aromatic amines is 1. The summed E-state index contributed by atoms with van der Waals surface area (Å²) in [5.41, 5.74) is 0.312. The van der Waals surface area contributed by atoms with E-state index in [1.807, 2.05) is 31.2 Å². The summed E-state index contributed by atoms with van der Waals surface area (Å²) >= 11 is 0. The van der Waals surface area contributed by atoms with Crippen molar-refractivity contribution in [1.82, 2.24) is 5.27 Å². The Balaban J connectivity index is 2.47. The average Bonchev–Trinajstić information content (AvgIpc) is 2.66. The number of nitrogens with one attached hydrogen (secondary N) is 1. The molecule has 15 heavy (non-hydrogen) atoms. The highest BCUT2D eigenvalue weighted by atomic mass is 16.5. The van der Waals surface area contributed by atoms with Crippen molar-refractivity contribution in [2.45, 2.75) is 6.92 Å². The minimum atomic E-state index is -0.429. The smallest absolute Gasteiger partial charge is 0.427 e. The number of H-pyrrole nitrogens is 1. The van der Waals surface area contributed by atoms with Gasteiger partial charge in [0.15, 0.2) is 5.75 Å². The van der Waals surface area contributed by atoms with Crippen molar-refractivity contribution in [3.05, 3.63) is 40.9 Å². The molecule has 78 valence electrons. The van der Waals surface area contributed by atoms with Crippen molar-refractivity contribution in [3.63, 3.8) is 0 Å². The van der Waals surface area contributed by atoms with Crippen LogP contribution in [-0.4, -0.2) is 11.9 Å². The highest BCUT2D eigenvalue weighted by Crippen LogP contribution is 2.16. The third kappa shape index (κ3) is 1.90. The fraction of sp³-hybridized carbons (Fsp3) is 0.200. The van der Waals surface area contributed by atoms with E-state index in [-0.39, 0.29) is 0 Å². The molecule has 0 amide bonds. The molecule has 2 aromatic rings. The van der Waals surface area contributed by atoms with E-state index in [0.717, 1.165) is 5.69 Å². The monoisotopic (exact) mass is 207 g/mol. The fourth-order valence-electron chi connectivity index (χ4n) is 1.30. The van der Waals surface area contributed by atoms with E-state index in [4.69, 9.17) is 4.74 Å². The molecule has 0 aliphatic heterocycles. The maximum absolute atomic E-state index is 10.9. The van der Waals surface area contributed by atoms with Crippen LogP contribution < -0.4 is 15.0 Å². The summed E-state index contributed by atoms with van der Waals surface area (Å²) < 4.78 is 11.5. The highest BCUT2D eigenvalue weighted by Gasteiger charge is 2.16. The first-order valence-electron chi connectivity index (χ1n) is 4.63. The van der Waals surface area contributed by atoms with E-state index in [9.17, 15) is 4.79 Å². The summed E-state index contributed by atoms with van der Waals surface area (Å²) in [6.45, 7) is 2.47. The van der Waals surface area contributed by atoms with Crippen LogP contribution in [0.3, 0.4) is 0 Å². The lowest BCUT2D eigenvalue weighted by Crippen LogP contribution is -2.32. The molecule has 0 atom stereocenters. The van der Waals surface area contributed by atoms with Gasteiger partial charge in [-0.15, -0.1) is 0 Å². The van der Waals surface area contributed by atoms with Gasteiger partial charge in [-0.3, -0.25) is 4.52 Å². The molecular formula is C10H11N2O3+. The van der Waals surface area contributed by atoms with Gasteiger partial charge < -0.3 is 4.74 Å². The van der Waals surface area contributed by atoms with Gasteiger partial charge in [-0.1, -0.05) is 12.1 Å². The second-order valence-electron chi connectivity index (χ2n) is 2.91. The van der Waals surface area contributed by atoms with E-state index < -0.39 is 5.63 Å². The summed E-state index contributed by atoms with van der Waals surface area (Å²) in [5, 5.41) is 2.47. The number of para-hydroxylation sites is 2. The van der Waals surface area contributed by atoms with Crippen molar-refractivity contribution >= 4 is 0 Å². The van der Waals surface area contributed by atoms with Gasteiger partial charge >= 0.3 is 5.63 Å². The summed E-state index contributed by atoms with van der Waals surface area (Å²) in [6.07, 6.45) is 1.32. The van der Waals surface area contributed by atoms with E-state index in [1.54, 1.807) is 0 Å². The van der Waals surface area contributed by atoms with Gasteiger partial charge in [-0.05, 0) is 22.9 Å². The van der Waals surface area contributed by atoms with Gasteiger partial charge in [0, 0.05) is 6.07 Å². The highest BCUT2D eigenvalue weighted by molar-refractivity contribution is 5.39. The number of benzene rings is 1. The molecule has 1 N–H and O–H groups in total. The first-order valence-corrected chi connectivity index (χ1v) is 4.63. The van der Waals surface area contributed by atoms with Crippen molar-refractivity contribution in [2.75, 3.05) is 6.61 Å². The Morgan fingerprint density at radius 1 is 1.47 bits per heavy atom. The van der Waals surface area contributed by atoms with E-state index in [1.165, 1.54) is 10.9 Å². The third-order valence-corrected chi connectivity index (χ3v) is 1.90. The maximum atomic E-state index is 10.9. The lowest BCUT2D eigenvalue weighted by Gasteiger charge is -2.01. The summed E-state index contributed by atoms with van der Waals surface area (Å²) in [7, 11) is 0. The van der Waals surface area contributed by atoms with Crippen LogP contribution in [0.2, 0.25) is 0 Å². The second kappa shape index (κ2) is 4.00. The Morgan fingerprint density at radius 2 is 2.27 bits per heavy atom. The van der Waals surface area contributed by atoms with Crippen LogP contribution in [0.5, 0.6) is 5.75 Å². The Hall–Kier alpha value is -2.04. The zero-order chi connectivity index (χ0) is 10.7. The van der Waals surface area contributed by atoms with Crippen molar-refractivity contribution in [1.29, 1.82) is 0 Å². The summed E-state index contributed by atoms with van der Waals surface area (Å²) in [6, 6.07) is 7.39. The molecule has 1 heterocycles. The minimum Gasteiger partial charge on any atom is -0.487 e. The van der Waals surface area contributed by atoms with Crippen LogP contribution in [0.4, 0.5) is 0 Å². The zero-order valence-corrected chi connectivity index (χ0v) is 8.27. The topological polar surface area (TPSA) is 59.1 Å². The third-order valence-electron chi connectivity index (χ3n) is 1.90. The first-order chi connectivity index (χ1) is 7.31. The molecule has 1 aromatic heterocycles. The zero-order valence-electron chi connectivity index (χ0n) is 8.27. The average molecular weight is 207 g/mol. The molecule has 0 unspecified atom stereocenters. The van der Waals surface area contributed by atoms with E-state index >= 15 is 0 Å². The fourth-order valence-corrected chi connectivity index (χ4v) is 1.30. The molecule has 1 aromatic carbocycles. The van der Waals surface area contributed by atoms with Crippen molar-refractivity contribution in [3.8, 4) is 11.4 Å². The van der Waals surface area contributed by atoms with Crippen LogP contribution >= 0.6 is 0 Å². The normalized spacial score (nSPS) is 10.2. The van der Waals surface area contributed by atoms with Crippen molar-refractivity contribution < 1.29 is 13.9 Å². The van der Waals surface area contributed by atoms with Crippen LogP contribution in [0.1, 0.15) is 6.92 Å². The van der Waals surface area contributed by atoms with Crippen LogP contribution in [0.25, 0.3) is 5.69 Å². The van der Waals surface area contributed by atoms with Gasteiger partial charge in [0.2, 0.25) is 0 Å². The Bertz CT molecular complexity index is 501. The van der Waals surface area contributed by atoms with Crippen LogP contribution in [-0.2, 0) is 0 Å². The summed E-state index contributed by atoms with van der Waals surface area (Å²) in [4.78, 5) is 10.9. The number of ether oxygens (including phenoxy) is 1. The standard InChI is InChI=1S/C10H10N2O3/c1-2-14-9-6-4-3-5-8(9)12-7-10(13)15-11-12/h3-7H,2H2,1H3/p+1. The van der Waals surface area contributed by atoms with Gasteiger partial charge in [0.25, 0.3) is 11.9 Å². The lowest BCUT2D eigenvalue weighted by molar-refractivity contribution is -0.670. The Labute approximate surface area is 85.9 Å². The lowest BCUT2D eigenvalue weighted by atomic mass is 10.3. The number of nitrogens with zero attached hydrogens (tertiary/aromatic N) is 1. The van der Waals surface area contributed by atoms with Crippen molar-refractivity contribution in [2.24, 2.45) is 0 Å². The molecule has 0 saturated carbocycles. The number of hydrogen-bond acceptors (Lipinski definition) is 3. The molecule has 0 aliphatic carbocycles. The number of rotatable bonds is 3. The molecule has 0 bridgehead atoms.